The molecule has 0 saturated heterocycles. The molecule has 2 N–H and O–H groups in total. The van der Waals surface area contributed by atoms with Gasteiger partial charge in [0.05, 0.1) is 18.8 Å². The second-order valence-corrected chi connectivity index (χ2v) is 3.92. The minimum Gasteiger partial charge on any atom is -0.372 e. The van der Waals surface area contributed by atoms with Gasteiger partial charge in [-0.15, -0.1) is 0 Å². The fourth-order valence-electron chi connectivity index (χ4n) is 1.61. The van der Waals surface area contributed by atoms with Crippen molar-refractivity contribution in [3.63, 3.8) is 0 Å². The number of ether oxygens (including phenoxy) is 1. The van der Waals surface area contributed by atoms with Crippen LogP contribution in [0.1, 0.15) is 25.8 Å². The van der Waals surface area contributed by atoms with Crippen LogP contribution in [-0.2, 0) is 16.1 Å². The van der Waals surface area contributed by atoms with E-state index in [1.807, 2.05) is 44.2 Å². The lowest BCUT2D eigenvalue weighted by atomic mass is 10.1. The highest BCUT2D eigenvalue weighted by molar-refractivity contribution is 5.44. The molecule has 0 fully saturated rings. The third-order valence-corrected chi connectivity index (χ3v) is 2.69. The first-order chi connectivity index (χ1) is 8.27. The lowest BCUT2D eigenvalue weighted by molar-refractivity contribution is -0.111. The summed E-state index contributed by atoms with van der Waals surface area (Å²) in [6, 6.07) is 10.1. The van der Waals surface area contributed by atoms with Crippen molar-refractivity contribution in [2.75, 3.05) is 0 Å². The van der Waals surface area contributed by atoms with E-state index in [1.165, 1.54) is 0 Å². The number of hydrogen-bond donors (Lipinski definition) is 2. The average molecular weight is 236 g/mol. The van der Waals surface area contributed by atoms with Crippen LogP contribution in [0.4, 0.5) is 0 Å². The molecule has 0 heterocycles. The summed E-state index contributed by atoms with van der Waals surface area (Å²) >= 11 is 0. The molecule has 0 bridgehead atoms. The molecule has 1 aromatic carbocycles. The van der Waals surface area contributed by atoms with E-state index in [9.17, 15) is 4.79 Å². The van der Waals surface area contributed by atoms with E-state index in [1.54, 1.807) is 0 Å². The number of hydrazine groups is 1. The Bertz CT molecular complexity index is 316. The Morgan fingerprint density at radius 3 is 2.65 bits per heavy atom. The second-order valence-electron chi connectivity index (χ2n) is 3.92. The molecule has 0 unspecified atom stereocenters. The van der Waals surface area contributed by atoms with Crippen molar-refractivity contribution in [3.05, 3.63) is 35.9 Å². The molecule has 1 aromatic rings. The molecule has 17 heavy (non-hydrogen) atoms. The van der Waals surface area contributed by atoms with Gasteiger partial charge >= 0.3 is 0 Å². The molecule has 4 heteroatoms. The molecule has 0 spiro atoms. The van der Waals surface area contributed by atoms with Gasteiger partial charge in [0.2, 0.25) is 6.41 Å². The van der Waals surface area contributed by atoms with Crippen molar-refractivity contribution in [1.29, 1.82) is 0 Å². The van der Waals surface area contributed by atoms with Gasteiger partial charge in [0.15, 0.2) is 0 Å². The van der Waals surface area contributed by atoms with E-state index >= 15 is 0 Å². The van der Waals surface area contributed by atoms with Gasteiger partial charge in [-0.1, -0.05) is 37.3 Å². The molecule has 4 nitrogen and oxygen atoms in total. The number of amides is 1. The lowest BCUT2D eigenvalue weighted by Crippen LogP contribution is -2.46. The quantitative estimate of drug-likeness (QED) is 0.532. The number of nitrogens with one attached hydrogen (secondary N) is 2. The zero-order valence-corrected chi connectivity index (χ0v) is 10.3. The van der Waals surface area contributed by atoms with Crippen LogP contribution in [0.15, 0.2) is 30.3 Å². The van der Waals surface area contributed by atoms with E-state index in [4.69, 9.17) is 4.74 Å². The monoisotopic (exact) mass is 236 g/mol. The Labute approximate surface area is 102 Å². The summed E-state index contributed by atoms with van der Waals surface area (Å²) < 4.78 is 5.76. The normalized spacial score (nSPS) is 14.0. The maximum atomic E-state index is 10.2. The van der Waals surface area contributed by atoms with Crippen molar-refractivity contribution in [2.45, 2.75) is 39.0 Å². The van der Waals surface area contributed by atoms with Crippen LogP contribution in [0.5, 0.6) is 0 Å². The number of carbonyl (C=O) groups excluding carboxylic acids is 1. The van der Waals surface area contributed by atoms with Gasteiger partial charge in [-0.25, -0.2) is 5.43 Å². The first-order valence-corrected chi connectivity index (χ1v) is 5.88. The van der Waals surface area contributed by atoms with Gasteiger partial charge in [0, 0.05) is 0 Å². The standard InChI is InChI=1S/C13H20N2O2/c1-3-13(15-14-10-16)11(2)17-9-12-7-5-4-6-8-12/h4-8,10-11,13,15H,3,9H2,1-2H3,(H,14,16)/t11-,13+/m0/s1. The van der Waals surface area contributed by atoms with Crippen molar-refractivity contribution in [2.24, 2.45) is 0 Å². The van der Waals surface area contributed by atoms with Crippen molar-refractivity contribution in [1.82, 2.24) is 10.9 Å². The molecular formula is C13H20N2O2. The Morgan fingerprint density at radius 1 is 1.35 bits per heavy atom. The summed E-state index contributed by atoms with van der Waals surface area (Å²) in [6.07, 6.45) is 1.55. The highest BCUT2D eigenvalue weighted by Gasteiger charge is 2.15. The minimum atomic E-state index is 0.0349. The highest BCUT2D eigenvalue weighted by Crippen LogP contribution is 2.07. The molecule has 0 aliphatic rings. The van der Waals surface area contributed by atoms with Crippen LogP contribution in [-0.4, -0.2) is 18.6 Å². The molecule has 94 valence electrons. The maximum Gasteiger partial charge on any atom is 0.221 e. The summed E-state index contributed by atoms with van der Waals surface area (Å²) in [5, 5.41) is 0. The van der Waals surface area contributed by atoms with Gasteiger partial charge in [-0.05, 0) is 18.9 Å². The van der Waals surface area contributed by atoms with Gasteiger partial charge in [0.1, 0.15) is 0 Å². The minimum absolute atomic E-state index is 0.0349. The second kappa shape index (κ2) is 7.81. The SMILES string of the molecule is CC[C@@H](NNC=O)[C@H](C)OCc1ccccc1. The topological polar surface area (TPSA) is 50.4 Å². The predicted octanol–water partition coefficient (Wildman–Crippen LogP) is 1.62. The summed E-state index contributed by atoms with van der Waals surface area (Å²) in [4.78, 5) is 10.2. The molecule has 0 aliphatic carbocycles. The van der Waals surface area contributed by atoms with Crippen molar-refractivity contribution >= 4 is 6.41 Å². The molecule has 1 rings (SSSR count). The van der Waals surface area contributed by atoms with E-state index in [-0.39, 0.29) is 12.1 Å². The van der Waals surface area contributed by atoms with Crippen molar-refractivity contribution in [3.8, 4) is 0 Å². The summed E-state index contributed by atoms with van der Waals surface area (Å²) in [6.45, 7) is 4.63. The van der Waals surface area contributed by atoms with Gasteiger partial charge in [-0.2, -0.15) is 0 Å². The summed E-state index contributed by atoms with van der Waals surface area (Å²) in [5.74, 6) is 0. The summed E-state index contributed by atoms with van der Waals surface area (Å²) in [5.41, 5.74) is 6.53. The van der Waals surface area contributed by atoms with Crippen LogP contribution in [0.2, 0.25) is 0 Å². The average Bonchev–Trinajstić information content (AvgIpc) is 2.38. The lowest BCUT2D eigenvalue weighted by Gasteiger charge is -2.23. The van der Waals surface area contributed by atoms with Crippen LogP contribution in [0.3, 0.4) is 0 Å². The molecule has 2 atom stereocenters. The molecular weight excluding hydrogens is 216 g/mol. The van der Waals surface area contributed by atoms with Crippen molar-refractivity contribution < 1.29 is 9.53 Å². The first-order valence-electron chi connectivity index (χ1n) is 5.88. The Morgan fingerprint density at radius 2 is 2.06 bits per heavy atom. The zero-order valence-electron chi connectivity index (χ0n) is 10.3. The molecule has 0 aliphatic heterocycles. The number of carbonyl (C=O) groups is 1. The zero-order chi connectivity index (χ0) is 12.5. The number of hydrogen-bond acceptors (Lipinski definition) is 3. The van der Waals surface area contributed by atoms with E-state index in [0.29, 0.717) is 13.0 Å². The largest absolute Gasteiger partial charge is 0.372 e. The predicted molar refractivity (Wildman–Crippen MR) is 67.1 cm³/mol. The number of benzene rings is 1. The fourth-order valence-corrected chi connectivity index (χ4v) is 1.61. The highest BCUT2D eigenvalue weighted by atomic mass is 16.5. The van der Waals surface area contributed by atoms with Gasteiger partial charge < -0.3 is 4.74 Å². The molecule has 0 radical (unpaired) electrons. The molecule has 0 aromatic heterocycles. The van der Waals surface area contributed by atoms with Gasteiger partial charge in [0.25, 0.3) is 0 Å². The third-order valence-electron chi connectivity index (χ3n) is 2.69. The fraction of sp³-hybridized carbons (Fsp3) is 0.462. The summed E-state index contributed by atoms with van der Waals surface area (Å²) in [7, 11) is 0. The Hall–Kier alpha value is -1.39. The van der Waals surface area contributed by atoms with E-state index in [2.05, 4.69) is 10.9 Å². The van der Waals surface area contributed by atoms with Crippen LogP contribution in [0, 0.1) is 0 Å². The van der Waals surface area contributed by atoms with E-state index in [0.717, 1.165) is 12.0 Å². The Balaban J connectivity index is 2.36. The van der Waals surface area contributed by atoms with Gasteiger partial charge in [-0.3, -0.25) is 10.2 Å². The molecule has 1 amide bonds. The Kier molecular flexibility index (Phi) is 6.29. The van der Waals surface area contributed by atoms with E-state index < -0.39 is 0 Å². The van der Waals surface area contributed by atoms with Crippen LogP contribution >= 0.6 is 0 Å². The van der Waals surface area contributed by atoms with Crippen LogP contribution < -0.4 is 10.9 Å². The van der Waals surface area contributed by atoms with Crippen LogP contribution in [0.25, 0.3) is 0 Å². The first kappa shape index (κ1) is 13.7. The maximum absolute atomic E-state index is 10.2. The number of rotatable bonds is 8. The third kappa shape index (κ3) is 4.97. The molecule has 0 saturated carbocycles. The smallest absolute Gasteiger partial charge is 0.221 e.